The molecule has 5 heteroatoms. The third-order valence-electron chi connectivity index (χ3n) is 10.4. The average molecular weight is 657 g/mol. The number of rotatable bonds is 25. The Morgan fingerprint density at radius 3 is 1.12 bits per heavy atom. The van der Waals surface area contributed by atoms with Crippen LogP contribution in [-0.2, 0) is 0 Å². The molecule has 0 spiro atoms. The fourth-order valence-electron chi connectivity index (χ4n) is 8.00. The van der Waals surface area contributed by atoms with Gasteiger partial charge >= 0.3 is 0 Å². The van der Waals surface area contributed by atoms with Crippen LogP contribution in [0.4, 0.5) is 0 Å². The largest absolute Gasteiger partial charge is 0.496 e. The Morgan fingerprint density at radius 2 is 0.750 bits per heavy atom. The summed E-state index contributed by atoms with van der Waals surface area (Å²) in [6.07, 6.45) is 21.4. The Hall–Kier alpha value is -3.02. The second-order valence-electron chi connectivity index (χ2n) is 13.9. The molecule has 2 bridgehead atoms. The topological polar surface area (TPSA) is 68.2 Å². The Bertz CT molecular complexity index is 1310. The average Bonchev–Trinajstić information content (AvgIpc) is 3.12. The van der Waals surface area contributed by atoms with E-state index in [1.807, 2.05) is 0 Å². The van der Waals surface area contributed by atoms with E-state index < -0.39 is 0 Å². The van der Waals surface area contributed by atoms with Crippen LogP contribution in [0.2, 0.25) is 0 Å². The lowest BCUT2D eigenvalue weighted by molar-refractivity contribution is 0.282. The number of benzene rings is 3. The second kappa shape index (κ2) is 19.8. The Kier molecular flexibility index (Phi) is 15.0. The molecule has 6 rings (SSSR count). The summed E-state index contributed by atoms with van der Waals surface area (Å²) in [6.45, 7) is 2.11. The Labute approximate surface area is 290 Å². The molecule has 3 aromatic carbocycles. The van der Waals surface area contributed by atoms with Gasteiger partial charge in [0.1, 0.15) is 17.2 Å². The molecule has 0 radical (unpaired) electrons. The second-order valence-corrected chi connectivity index (χ2v) is 13.9. The number of aliphatic hydroxyl groups excluding tert-OH is 2. The van der Waals surface area contributed by atoms with Crippen LogP contribution in [-0.4, -0.2) is 43.8 Å². The van der Waals surface area contributed by atoms with Crippen molar-refractivity contribution in [2.45, 2.75) is 127 Å². The van der Waals surface area contributed by atoms with Crippen molar-refractivity contribution in [2.24, 2.45) is 0 Å². The molecule has 0 unspecified atom stereocenters. The fourth-order valence-corrected chi connectivity index (χ4v) is 8.00. The van der Waals surface area contributed by atoms with Gasteiger partial charge in [0.05, 0.1) is 20.3 Å². The number of hydrogen-bond donors (Lipinski definition) is 2. The molecule has 0 fully saturated rings. The molecule has 262 valence electrons. The van der Waals surface area contributed by atoms with Crippen molar-refractivity contribution < 1.29 is 24.4 Å². The van der Waals surface area contributed by atoms with Gasteiger partial charge in [-0.05, 0) is 60.6 Å². The maximum absolute atomic E-state index is 8.95. The zero-order chi connectivity index (χ0) is 33.4. The van der Waals surface area contributed by atoms with Crippen molar-refractivity contribution in [1.82, 2.24) is 0 Å². The van der Waals surface area contributed by atoms with Crippen LogP contribution in [0.1, 0.15) is 161 Å². The van der Waals surface area contributed by atoms with Gasteiger partial charge in [-0.25, -0.2) is 0 Å². The zero-order valence-electron chi connectivity index (χ0n) is 29.5. The first kappa shape index (κ1) is 36.3. The molecule has 3 aliphatic carbocycles. The molecule has 0 atom stereocenters. The standard InChI is InChI=1S/C43H60O5/c1-46-36-26-20-23-33-39-34-24-21-27-37(47-31-18-14-10-6-2-4-8-12-16-29-44)41(34)43(40(33)36)42-35(39)25-22-28-38(42)48-32-19-15-11-7-3-5-9-13-17-30-45/h20-28,39,43-45H,2-19,29-32H2,1H3. The third-order valence-corrected chi connectivity index (χ3v) is 10.4. The zero-order valence-corrected chi connectivity index (χ0v) is 29.5. The van der Waals surface area contributed by atoms with Crippen LogP contribution in [0.15, 0.2) is 54.6 Å². The number of unbranched alkanes of at least 4 members (excludes halogenated alkanes) is 16. The maximum atomic E-state index is 8.95. The van der Waals surface area contributed by atoms with Crippen molar-refractivity contribution >= 4 is 0 Å². The normalized spacial score (nSPS) is 15.6. The highest BCUT2D eigenvalue weighted by Gasteiger charge is 2.46. The van der Waals surface area contributed by atoms with Crippen molar-refractivity contribution in [2.75, 3.05) is 33.5 Å². The summed E-state index contributed by atoms with van der Waals surface area (Å²) in [5.41, 5.74) is 7.85. The van der Waals surface area contributed by atoms with E-state index in [0.717, 1.165) is 69.0 Å². The first-order chi connectivity index (χ1) is 23.8. The van der Waals surface area contributed by atoms with Gasteiger partial charge in [-0.15, -0.1) is 0 Å². The summed E-state index contributed by atoms with van der Waals surface area (Å²) in [6, 6.07) is 19.8. The minimum atomic E-state index is 0.00946. The Balaban J connectivity index is 1.23. The first-order valence-corrected chi connectivity index (χ1v) is 19.2. The monoisotopic (exact) mass is 656 g/mol. The molecule has 48 heavy (non-hydrogen) atoms. The number of aliphatic hydroxyl groups is 2. The summed E-state index contributed by atoms with van der Waals surface area (Å²) < 4.78 is 19.3. The molecular weight excluding hydrogens is 596 g/mol. The lowest BCUT2D eigenvalue weighted by atomic mass is 9.60. The van der Waals surface area contributed by atoms with E-state index in [4.69, 9.17) is 24.4 Å². The van der Waals surface area contributed by atoms with Crippen LogP contribution in [0, 0.1) is 0 Å². The molecule has 3 aliphatic rings. The van der Waals surface area contributed by atoms with Gasteiger partial charge < -0.3 is 24.4 Å². The Morgan fingerprint density at radius 1 is 0.417 bits per heavy atom. The summed E-state index contributed by atoms with van der Waals surface area (Å²) in [4.78, 5) is 0. The molecule has 5 nitrogen and oxygen atoms in total. The molecule has 3 aromatic rings. The van der Waals surface area contributed by atoms with E-state index in [2.05, 4.69) is 54.6 Å². The van der Waals surface area contributed by atoms with E-state index in [9.17, 15) is 0 Å². The van der Waals surface area contributed by atoms with Crippen LogP contribution in [0.5, 0.6) is 17.2 Å². The van der Waals surface area contributed by atoms with Crippen molar-refractivity contribution in [1.29, 1.82) is 0 Å². The molecule has 0 aliphatic heterocycles. The maximum Gasteiger partial charge on any atom is 0.123 e. The molecule has 0 saturated carbocycles. The SMILES string of the molecule is COc1cccc2c1C1c3c(OCCCCCCCCCCCO)cccc3C2c2cccc(OCCCCCCCCCCCO)c21. The van der Waals surface area contributed by atoms with Gasteiger partial charge in [0.15, 0.2) is 0 Å². The van der Waals surface area contributed by atoms with Gasteiger partial charge in [0.2, 0.25) is 0 Å². The molecule has 2 N–H and O–H groups in total. The van der Waals surface area contributed by atoms with Crippen molar-refractivity contribution in [3.8, 4) is 17.2 Å². The number of hydrogen-bond acceptors (Lipinski definition) is 5. The van der Waals surface area contributed by atoms with Crippen LogP contribution in [0.25, 0.3) is 0 Å². The molecule has 0 heterocycles. The smallest absolute Gasteiger partial charge is 0.123 e. The van der Waals surface area contributed by atoms with Gasteiger partial charge in [0.25, 0.3) is 0 Å². The highest BCUT2D eigenvalue weighted by molar-refractivity contribution is 5.74. The van der Waals surface area contributed by atoms with Crippen molar-refractivity contribution in [3.05, 3.63) is 88.0 Å². The molecule has 0 saturated heterocycles. The number of ether oxygens (including phenoxy) is 3. The predicted octanol–water partition coefficient (Wildman–Crippen LogP) is 10.4. The minimum absolute atomic E-state index is 0.00946. The van der Waals surface area contributed by atoms with Crippen LogP contribution < -0.4 is 14.2 Å². The van der Waals surface area contributed by atoms with Gasteiger partial charge in [0, 0.05) is 41.7 Å². The van der Waals surface area contributed by atoms with Gasteiger partial charge in [-0.3, -0.25) is 0 Å². The van der Waals surface area contributed by atoms with E-state index in [1.165, 1.54) is 110 Å². The highest BCUT2D eigenvalue weighted by atomic mass is 16.5. The van der Waals surface area contributed by atoms with E-state index in [-0.39, 0.29) is 11.8 Å². The van der Waals surface area contributed by atoms with E-state index in [0.29, 0.717) is 13.2 Å². The van der Waals surface area contributed by atoms with Crippen LogP contribution in [0.3, 0.4) is 0 Å². The van der Waals surface area contributed by atoms with Gasteiger partial charge in [-0.2, -0.15) is 0 Å². The summed E-state index contributed by atoms with van der Waals surface area (Å²) in [5.74, 6) is 3.08. The first-order valence-electron chi connectivity index (χ1n) is 19.2. The quantitative estimate of drug-likeness (QED) is 0.0612. The van der Waals surface area contributed by atoms with Crippen LogP contribution >= 0.6 is 0 Å². The summed E-state index contributed by atoms with van der Waals surface area (Å²) >= 11 is 0. The predicted molar refractivity (Wildman–Crippen MR) is 196 cm³/mol. The number of methoxy groups -OCH3 is 1. The lowest BCUT2D eigenvalue weighted by Crippen LogP contribution is -2.29. The minimum Gasteiger partial charge on any atom is -0.496 e. The summed E-state index contributed by atoms with van der Waals surface area (Å²) in [7, 11) is 1.79. The third kappa shape index (κ3) is 9.15. The van der Waals surface area contributed by atoms with Gasteiger partial charge in [-0.1, -0.05) is 126 Å². The lowest BCUT2D eigenvalue weighted by Gasteiger charge is -2.43. The van der Waals surface area contributed by atoms with E-state index in [1.54, 1.807) is 7.11 Å². The highest BCUT2D eigenvalue weighted by Crippen LogP contribution is 2.61. The molecule has 0 amide bonds. The summed E-state index contributed by atoms with van der Waals surface area (Å²) in [5, 5.41) is 17.9. The molecular formula is C43H60O5. The van der Waals surface area contributed by atoms with Crippen molar-refractivity contribution in [3.63, 3.8) is 0 Å². The van der Waals surface area contributed by atoms with E-state index >= 15 is 0 Å². The fraction of sp³-hybridized carbons (Fsp3) is 0.581. The molecule has 0 aromatic heterocycles.